The van der Waals surface area contributed by atoms with Crippen molar-refractivity contribution in [3.63, 3.8) is 0 Å². The third-order valence-electron chi connectivity index (χ3n) is 5.11. The van der Waals surface area contributed by atoms with Gasteiger partial charge in [-0.3, -0.25) is 4.98 Å². The summed E-state index contributed by atoms with van der Waals surface area (Å²) in [4.78, 5) is 8.28. The predicted molar refractivity (Wildman–Crippen MR) is 109 cm³/mol. The minimum absolute atomic E-state index is 0.438. The van der Waals surface area contributed by atoms with Crippen molar-refractivity contribution in [2.45, 2.75) is 6.92 Å². The van der Waals surface area contributed by atoms with Crippen LogP contribution in [0.4, 0.5) is 5.82 Å². The van der Waals surface area contributed by atoms with Gasteiger partial charge >= 0.3 is 0 Å². The van der Waals surface area contributed by atoms with Crippen molar-refractivity contribution in [2.24, 2.45) is 7.05 Å². The lowest BCUT2D eigenvalue weighted by atomic mass is 10.0. The normalized spacial score (nSPS) is 11.5. The van der Waals surface area contributed by atoms with Crippen LogP contribution >= 0.6 is 0 Å². The van der Waals surface area contributed by atoms with Crippen molar-refractivity contribution in [1.29, 1.82) is 0 Å². The van der Waals surface area contributed by atoms with E-state index in [0.717, 1.165) is 22.0 Å². The molecule has 132 valence electrons. The van der Waals surface area contributed by atoms with Gasteiger partial charge in [0.15, 0.2) is 0 Å². The van der Waals surface area contributed by atoms with Crippen molar-refractivity contribution in [3.05, 3.63) is 66.6 Å². The molecule has 3 heterocycles. The number of benzene rings is 2. The van der Waals surface area contributed by atoms with Crippen molar-refractivity contribution in [1.82, 2.24) is 14.5 Å². The summed E-state index contributed by atoms with van der Waals surface area (Å²) in [5.74, 6) is 1.88. The summed E-state index contributed by atoms with van der Waals surface area (Å²) >= 11 is 0. The average Bonchev–Trinajstić information content (AvgIpc) is 2.94. The van der Waals surface area contributed by atoms with E-state index in [2.05, 4.69) is 52.8 Å². The van der Waals surface area contributed by atoms with E-state index >= 15 is 0 Å². The Morgan fingerprint density at radius 3 is 2.63 bits per heavy atom. The van der Waals surface area contributed by atoms with Crippen LogP contribution in [0.1, 0.15) is 5.56 Å². The van der Waals surface area contributed by atoms with E-state index in [0.29, 0.717) is 11.6 Å². The van der Waals surface area contributed by atoms with Gasteiger partial charge in [0.1, 0.15) is 17.3 Å². The van der Waals surface area contributed by atoms with Gasteiger partial charge in [-0.1, -0.05) is 0 Å². The van der Waals surface area contributed by atoms with Crippen LogP contribution in [0.2, 0.25) is 0 Å². The monoisotopic (exact) mass is 354 g/mol. The van der Waals surface area contributed by atoms with Crippen molar-refractivity contribution in [3.8, 4) is 11.5 Å². The molecule has 2 aromatic carbocycles. The maximum Gasteiger partial charge on any atom is 0.132 e. The number of anilines is 1. The Labute approximate surface area is 156 Å². The molecule has 5 rings (SSSR count). The molecule has 0 aliphatic carbocycles. The molecule has 0 fully saturated rings. The number of hydrogen-bond donors (Lipinski definition) is 1. The molecule has 0 amide bonds. The second kappa shape index (κ2) is 5.71. The molecule has 2 N–H and O–H groups in total. The number of nitrogen functional groups attached to an aromatic ring is 1. The molecule has 0 radical (unpaired) electrons. The second-order valence-corrected chi connectivity index (χ2v) is 6.75. The van der Waals surface area contributed by atoms with E-state index in [9.17, 15) is 0 Å². The minimum atomic E-state index is 0.438. The highest BCUT2D eigenvalue weighted by molar-refractivity contribution is 6.14. The highest BCUT2D eigenvalue weighted by Gasteiger charge is 2.14. The van der Waals surface area contributed by atoms with Gasteiger partial charge in [-0.05, 0) is 54.3 Å². The van der Waals surface area contributed by atoms with Gasteiger partial charge in [0, 0.05) is 53.4 Å². The van der Waals surface area contributed by atoms with Gasteiger partial charge in [0.25, 0.3) is 0 Å². The Kier molecular flexibility index (Phi) is 3.31. The Bertz CT molecular complexity index is 1340. The molecule has 0 aliphatic rings. The van der Waals surface area contributed by atoms with Gasteiger partial charge in [-0.25, -0.2) is 4.98 Å². The fourth-order valence-electron chi connectivity index (χ4n) is 3.89. The Morgan fingerprint density at radius 1 is 0.926 bits per heavy atom. The fourth-order valence-corrected chi connectivity index (χ4v) is 3.89. The number of nitrogens with two attached hydrogens (primary N) is 1. The molecule has 0 saturated carbocycles. The molecule has 0 saturated heterocycles. The number of aromatic nitrogens is 3. The highest BCUT2D eigenvalue weighted by atomic mass is 16.5. The van der Waals surface area contributed by atoms with Crippen molar-refractivity contribution < 1.29 is 4.74 Å². The number of hydrogen-bond acceptors (Lipinski definition) is 4. The van der Waals surface area contributed by atoms with Gasteiger partial charge in [-0.2, -0.15) is 0 Å². The molecule has 5 nitrogen and oxygen atoms in total. The van der Waals surface area contributed by atoms with Crippen LogP contribution in [0.25, 0.3) is 32.6 Å². The standard InChI is InChI=1S/C22H18N4O/c1-13-17-6-7-24-12-14(17)9-19-18-10-15(3-4-20(18)26(2)22(13)19)27-16-5-8-25-21(23)11-16/h3-12H,1-2H3,(H2,23,25). The maximum absolute atomic E-state index is 6.00. The number of ether oxygens (including phenoxy) is 1. The maximum atomic E-state index is 6.00. The number of nitrogens with zero attached hydrogens (tertiary/aromatic N) is 3. The molecule has 5 heteroatoms. The summed E-state index contributed by atoms with van der Waals surface area (Å²) in [7, 11) is 2.11. The summed E-state index contributed by atoms with van der Waals surface area (Å²) < 4.78 is 8.25. The highest BCUT2D eigenvalue weighted by Crippen LogP contribution is 2.37. The first-order valence-corrected chi connectivity index (χ1v) is 8.76. The van der Waals surface area contributed by atoms with Crippen LogP contribution in [0, 0.1) is 6.92 Å². The van der Waals surface area contributed by atoms with E-state index in [4.69, 9.17) is 10.5 Å². The first kappa shape index (κ1) is 15.6. The molecule has 0 atom stereocenters. The summed E-state index contributed by atoms with van der Waals surface area (Å²) in [5.41, 5.74) is 9.40. The first-order chi connectivity index (χ1) is 13.1. The minimum Gasteiger partial charge on any atom is -0.457 e. The summed E-state index contributed by atoms with van der Waals surface area (Å²) in [6.07, 6.45) is 5.40. The van der Waals surface area contributed by atoms with Crippen molar-refractivity contribution >= 4 is 38.4 Å². The van der Waals surface area contributed by atoms with E-state index < -0.39 is 0 Å². The lowest BCUT2D eigenvalue weighted by Gasteiger charge is -2.06. The quantitative estimate of drug-likeness (QED) is 0.487. The zero-order valence-electron chi connectivity index (χ0n) is 15.1. The van der Waals surface area contributed by atoms with Gasteiger partial charge < -0.3 is 15.0 Å². The SMILES string of the molecule is Cc1c2ccncc2cc2c3cc(Oc4ccnc(N)c4)ccc3n(C)c12. The molecule has 5 aromatic rings. The number of aryl methyl sites for hydroxylation is 2. The third-order valence-corrected chi connectivity index (χ3v) is 5.11. The molecule has 0 unspecified atom stereocenters. The molecule has 0 spiro atoms. The largest absolute Gasteiger partial charge is 0.457 e. The van der Waals surface area contributed by atoms with Crippen LogP contribution in [0.3, 0.4) is 0 Å². The fraction of sp³-hybridized carbons (Fsp3) is 0.0909. The van der Waals surface area contributed by atoms with Gasteiger partial charge in [0.05, 0.1) is 5.52 Å². The topological polar surface area (TPSA) is 66.0 Å². The molecule has 0 bridgehead atoms. The van der Waals surface area contributed by atoms with Crippen LogP contribution in [-0.2, 0) is 7.05 Å². The molecule has 27 heavy (non-hydrogen) atoms. The van der Waals surface area contributed by atoms with E-state index in [1.807, 2.05) is 18.5 Å². The van der Waals surface area contributed by atoms with E-state index in [-0.39, 0.29) is 0 Å². The Hall–Kier alpha value is -3.60. The number of pyridine rings is 2. The average molecular weight is 354 g/mol. The summed E-state index contributed by atoms with van der Waals surface area (Å²) in [6, 6.07) is 14.0. The molecular formula is C22H18N4O. The Morgan fingerprint density at radius 2 is 1.78 bits per heavy atom. The first-order valence-electron chi connectivity index (χ1n) is 8.76. The molecular weight excluding hydrogens is 336 g/mol. The third kappa shape index (κ3) is 2.39. The molecule has 3 aromatic heterocycles. The summed E-state index contributed by atoms with van der Waals surface area (Å²) in [5, 5.41) is 4.72. The van der Waals surface area contributed by atoms with Crippen LogP contribution in [0.15, 0.2) is 61.1 Å². The Balaban J connectivity index is 1.75. The second-order valence-electron chi connectivity index (χ2n) is 6.75. The predicted octanol–water partition coefficient (Wildman–Crippen LogP) is 4.96. The summed E-state index contributed by atoms with van der Waals surface area (Å²) in [6.45, 7) is 2.17. The van der Waals surface area contributed by atoms with Crippen LogP contribution in [0.5, 0.6) is 11.5 Å². The molecule has 0 aliphatic heterocycles. The lowest BCUT2D eigenvalue weighted by molar-refractivity contribution is 0.483. The van der Waals surface area contributed by atoms with E-state index in [1.54, 1.807) is 18.3 Å². The van der Waals surface area contributed by atoms with Crippen LogP contribution in [-0.4, -0.2) is 14.5 Å². The zero-order valence-corrected chi connectivity index (χ0v) is 15.1. The van der Waals surface area contributed by atoms with Crippen molar-refractivity contribution in [2.75, 3.05) is 5.73 Å². The van der Waals surface area contributed by atoms with E-state index in [1.165, 1.54) is 21.9 Å². The lowest BCUT2D eigenvalue weighted by Crippen LogP contribution is -1.91. The number of rotatable bonds is 2. The zero-order chi connectivity index (χ0) is 18.5. The van der Waals surface area contributed by atoms with Gasteiger partial charge in [-0.15, -0.1) is 0 Å². The smallest absolute Gasteiger partial charge is 0.132 e. The number of fused-ring (bicyclic) bond motifs is 4. The van der Waals surface area contributed by atoms with Crippen LogP contribution < -0.4 is 10.5 Å². The van der Waals surface area contributed by atoms with Gasteiger partial charge in [0.2, 0.25) is 0 Å².